The van der Waals surface area contributed by atoms with Crippen molar-refractivity contribution in [1.82, 2.24) is 0 Å². The molecule has 0 aliphatic heterocycles. The highest BCUT2D eigenvalue weighted by molar-refractivity contribution is 5.45. The van der Waals surface area contributed by atoms with Gasteiger partial charge < -0.3 is 9.47 Å². The maximum absolute atomic E-state index is 12.5. The number of benzene rings is 1. The van der Waals surface area contributed by atoms with Crippen LogP contribution in [0.4, 0.5) is 13.2 Å². The van der Waals surface area contributed by atoms with Gasteiger partial charge >= 0.3 is 6.18 Å². The molecule has 1 aromatic carbocycles. The van der Waals surface area contributed by atoms with E-state index in [0.29, 0.717) is 5.75 Å². The van der Waals surface area contributed by atoms with E-state index in [1.54, 1.807) is 0 Å². The van der Waals surface area contributed by atoms with Crippen LogP contribution in [0.1, 0.15) is 11.5 Å². The number of nitriles is 1. The van der Waals surface area contributed by atoms with Crippen molar-refractivity contribution in [1.29, 1.82) is 5.26 Å². The molecule has 1 aromatic rings. The normalized spacial score (nSPS) is 12.7. The lowest BCUT2D eigenvalue weighted by atomic mass is 10.00. The highest BCUT2D eigenvalue weighted by Crippen LogP contribution is 2.37. The molecule has 0 saturated carbocycles. The van der Waals surface area contributed by atoms with Crippen molar-refractivity contribution in [2.24, 2.45) is 0 Å². The predicted molar refractivity (Wildman–Crippen MR) is 54.0 cm³/mol. The maximum Gasteiger partial charge on any atom is 0.408 e. The van der Waals surface area contributed by atoms with Crippen LogP contribution in [0.25, 0.3) is 0 Å². The second-order valence-corrected chi connectivity index (χ2v) is 3.22. The zero-order valence-corrected chi connectivity index (χ0v) is 9.21. The monoisotopic (exact) mass is 245 g/mol. The molecule has 0 saturated heterocycles. The van der Waals surface area contributed by atoms with Gasteiger partial charge in [0.2, 0.25) is 0 Å². The Bertz CT molecular complexity index is 437. The second kappa shape index (κ2) is 4.95. The van der Waals surface area contributed by atoms with E-state index in [2.05, 4.69) is 0 Å². The van der Waals surface area contributed by atoms with Crippen LogP contribution in [0.2, 0.25) is 0 Å². The van der Waals surface area contributed by atoms with Crippen LogP contribution < -0.4 is 9.47 Å². The summed E-state index contributed by atoms with van der Waals surface area (Å²) < 4.78 is 47.4. The van der Waals surface area contributed by atoms with Crippen molar-refractivity contribution in [2.45, 2.75) is 12.1 Å². The first-order chi connectivity index (χ1) is 7.93. The lowest BCUT2D eigenvalue weighted by Gasteiger charge is -2.15. The van der Waals surface area contributed by atoms with Gasteiger partial charge in [0.25, 0.3) is 0 Å². The smallest absolute Gasteiger partial charge is 0.408 e. The fraction of sp³-hybridized carbons (Fsp3) is 0.364. The first-order valence-electron chi connectivity index (χ1n) is 4.62. The molecule has 92 valence electrons. The van der Waals surface area contributed by atoms with Crippen LogP contribution in [0, 0.1) is 11.3 Å². The summed E-state index contributed by atoms with van der Waals surface area (Å²) in [7, 11) is 2.69. The zero-order valence-electron chi connectivity index (χ0n) is 9.21. The van der Waals surface area contributed by atoms with Gasteiger partial charge in [-0.15, -0.1) is 0 Å². The van der Waals surface area contributed by atoms with Crippen molar-refractivity contribution < 1.29 is 22.6 Å². The molecule has 0 spiro atoms. The summed E-state index contributed by atoms with van der Waals surface area (Å²) in [5.41, 5.74) is -0.169. The molecule has 0 amide bonds. The van der Waals surface area contributed by atoms with Crippen LogP contribution in [0.3, 0.4) is 0 Å². The SMILES string of the molecule is COc1ccc(C(C#N)C(F)(F)F)cc1OC. The average Bonchev–Trinajstić information content (AvgIpc) is 2.27. The van der Waals surface area contributed by atoms with E-state index in [9.17, 15) is 13.2 Å². The Labute approximate surface area is 96.4 Å². The summed E-state index contributed by atoms with van der Waals surface area (Å²) in [5, 5.41) is 8.56. The molecule has 3 nitrogen and oxygen atoms in total. The first-order valence-corrected chi connectivity index (χ1v) is 4.62. The molecule has 6 heteroatoms. The standard InChI is InChI=1S/C11H10F3NO2/c1-16-9-4-3-7(5-10(9)17-2)8(6-15)11(12,13)14/h3-5,8H,1-2H3. The van der Waals surface area contributed by atoms with Crippen LogP contribution >= 0.6 is 0 Å². The summed E-state index contributed by atoms with van der Waals surface area (Å²) >= 11 is 0. The lowest BCUT2D eigenvalue weighted by Crippen LogP contribution is -2.19. The van der Waals surface area contributed by atoms with Crippen LogP contribution in [-0.2, 0) is 0 Å². The summed E-state index contributed by atoms with van der Waals surface area (Å²) in [6.45, 7) is 0. The van der Waals surface area contributed by atoms with E-state index in [0.717, 1.165) is 6.07 Å². The van der Waals surface area contributed by atoms with Gasteiger partial charge in [-0.3, -0.25) is 0 Å². The van der Waals surface area contributed by atoms with Gasteiger partial charge in [-0.2, -0.15) is 18.4 Å². The lowest BCUT2D eigenvalue weighted by molar-refractivity contribution is -0.137. The Morgan fingerprint density at radius 1 is 1.18 bits per heavy atom. The van der Waals surface area contributed by atoms with Crippen molar-refractivity contribution in [3.63, 3.8) is 0 Å². The number of hydrogen-bond acceptors (Lipinski definition) is 3. The van der Waals surface area contributed by atoms with E-state index < -0.39 is 12.1 Å². The zero-order chi connectivity index (χ0) is 13.1. The first kappa shape index (κ1) is 13.2. The molecular formula is C11H10F3NO2. The van der Waals surface area contributed by atoms with Crippen LogP contribution in [0.15, 0.2) is 18.2 Å². The molecule has 0 aliphatic carbocycles. The molecule has 0 N–H and O–H groups in total. The number of methoxy groups -OCH3 is 2. The van der Waals surface area contributed by atoms with Gasteiger partial charge in [0.05, 0.1) is 20.3 Å². The van der Waals surface area contributed by atoms with Crippen molar-refractivity contribution >= 4 is 0 Å². The van der Waals surface area contributed by atoms with Crippen molar-refractivity contribution in [2.75, 3.05) is 14.2 Å². The van der Waals surface area contributed by atoms with Crippen LogP contribution in [-0.4, -0.2) is 20.4 Å². The quantitative estimate of drug-likeness (QED) is 0.822. The third kappa shape index (κ3) is 2.81. The van der Waals surface area contributed by atoms with Crippen molar-refractivity contribution in [3.05, 3.63) is 23.8 Å². The van der Waals surface area contributed by atoms with Gasteiger partial charge in [0.15, 0.2) is 17.4 Å². The number of halogens is 3. The molecule has 17 heavy (non-hydrogen) atoms. The number of alkyl halides is 3. The third-order valence-electron chi connectivity index (χ3n) is 2.20. The summed E-state index contributed by atoms with van der Waals surface area (Å²) in [6.07, 6.45) is -4.60. The van der Waals surface area contributed by atoms with Gasteiger partial charge in [-0.05, 0) is 17.7 Å². The molecule has 1 unspecified atom stereocenters. The minimum atomic E-state index is -4.60. The molecule has 0 heterocycles. The topological polar surface area (TPSA) is 42.2 Å². The Morgan fingerprint density at radius 2 is 1.76 bits per heavy atom. The van der Waals surface area contributed by atoms with Gasteiger partial charge in [-0.1, -0.05) is 6.07 Å². The highest BCUT2D eigenvalue weighted by atomic mass is 19.4. The Kier molecular flexibility index (Phi) is 3.84. The van der Waals surface area contributed by atoms with E-state index in [1.165, 1.54) is 32.4 Å². The molecule has 0 radical (unpaired) electrons. The summed E-state index contributed by atoms with van der Waals surface area (Å²) in [4.78, 5) is 0. The second-order valence-electron chi connectivity index (χ2n) is 3.22. The minimum absolute atomic E-state index is 0.162. The van der Waals surface area contributed by atoms with Gasteiger partial charge in [-0.25, -0.2) is 0 Å². The number of ether oxygens (including phenoxy) is 2. The number of nitrogens with zero attached hydrogens (tertiary/aromatic N) is 1. The van der Waals surface area contributed by atoms with Crippen molar-refractivity contribution in [3.8, 4) is 17.6 Å². The average molecular weight is 245 g/mol. The molecular weight excluding hydrogens is 235 g/mol. The summed E-state index contributed by atoms with van der Waals surface area (Å²) in [5.74, 6) is -1.69. The Hall–Kier alpha value is -1.90. The molecule has 0 fully saturated rings. The molecule has 1 rings (SSSR count). The molecule has 0 aliphatic rings. The molecule has 0 bridgehead atoms. The van der Waals surface area contributed by atoms with E-state index >= 15 is 0 Å². The Morgan fingerprint density at radius 3 is 2.18 bits per heavy atom. The van der Waals surface area contributed by atoms with Gasteiger partial charge in [0.1, 0.15) is 0 Å². The highest BCUT2D eigenvalue weighted by Gasteiger charge is 2.41. The third-order valence-corrected chi connectivity index (χ3v) is 2.20. The number of rotatable bonds is 3. The predicted octanol–water partition coefficient (Wildman–Crippen LogP) is 2.87. The fourth-order valence-electron chi connectivity index (χ4n) is 1.37. The van der Waals surface area contributed by atoms with E-state index in [4.69, 9.17) is 14.7 Å². The molecule has 1 atom stereocenters. The largest absolute Gasteiger partial charge is 0.493 e. The van der Waals surface area contributed by atoms with Crippen LogP contribution in [0.5, 0.6) is 11.5 Å². The fourth-order valence-corrected chi connectivity index (χ4v) is 1.37. The minimum Gasteiger partial charge on any atom is -0.493 e. The number of hydrogen-bond donors (Lipinski definition) is 0. The van der Waals surface area contributed by atoms with E-state index in [-0.39, 0.29) is 11.3 Å². The summed E-state index contributed by atoms with van der Waals surface area (Å²) in [6, 6.07) is 4.91. The Balaban J connectivity index is 3.20. The van der Waals surface area contributed by atoms with E-state index in [1.807, 2.05) is 0 Å². The maximum atomic E-state index is 12.5. The molecule has 0 aromatic heterocycles. The van der Waals surface area contributed by atoms with Gasteiger partial charge in [0, 0.05) is 0 Å².